The van der Waals surface area contributed by atoms with Crippen molar-refractivity contribution >= 4 is 28.0 Å². The van der Waals surface area contributed by atoms with E-state index in [2.05, 4.69) is 11.8 Å². The fourth-order valence-electron chi connectivity index (χ4n) is 1.86. The molecule has 0 fully saturated rings. The Balaban J connectivity index is 3.66. The lowest BCUT2D eigenvalue weighted by atomic mass is 10.1. The molecule has 1 aromatic carbocycles. The van der Waals surface area contributed by atoms with Crippen LogP contribution in [0.3, 0.4) is 0 Å². The normalized spacial score (nSPS) is 12.4. The van der Waals surface area contributed by atoms with Gasteiger partial charge >= 0.3 is 0 Å². The van der Waals surface area contributed by atoms with Crippen LogP contribution in [0, 0.1) is 0 Å². The minimum absolute atomic E-state index is 0.120. The minimum atomic E-state index is -3.65. The molecule has 0 saturated carbocycles. The van der Waals surface area contributed by atoms with Crippen LogP contribution in [0.5, 0.6) is 5.75 Å². The molecule has 1 aromatic rings. The number of rotatable bonds is 6. The molecule has 22 heavy (non-hydrogen) atoms. The van der Waals surface area contributed by atoms with Crippen LogP contribution in [-0.4, -0.2) is 52.7 Å². The third-order valence-electron chi connectivity index (χ3n) is 3.12. The number of hydrogen-bond acceptors (Lipinski definition) is 6. The van der Waals surface area contributed by atoms with Crippen molar-refractivity contribution in [2.75, 3.05) is 34.0 Å². The first-order chi connectivity index (χ1) is 10.1. The van der Waals surface area contributed by atoms with E-state index in [0.717, 1.165) is 4.31 Å². The molecule has 0 heterocycles. The van der Waals surface area contributed by atoms with Gasteiger partial charge in [-0.1, -0.05) is 0 Å². The quantitative estimate of drug-likeness (QED) is 0.485. The first-order valence-electron chi connectivity index (χ1n) is 6.43. The predicted octanol–water partition coefficient (Wildman–Crippen LogP) is 1.44. The number of methoxy groups -OCH3 is 1. The Morgan fingerprint density at radius 3 is 2.41 bits per heavy atom. The summed E-state index contributed by atoms with van der Waals surface area (Å²) in [5.74, 6) is 0.312. The third-order valence-corrected chi connectivity index (χ3v) is 4.97. The molecule has 0 aromatic heterocycles. The molecule has 0 spiro atoms. The number of hydrazone groups is 1. The summed E-state index contributed by atoms with van der Waals surface area (Å²) < 4.78 is 31.4. The number of allylic oxidation sites excluding steroid dienone is 1. The van der Waals surface area contributed by atoms with E-state index < -0.39 is 10.0 Å². The van der Waals surface area contributed by atoms with Gasteiger partial charge in [0, 0.05) is 45.7 Å². The fourth-order valence-corrected chi connectivity index (χ4v) is 3.01. The Hall–Kier alpha value is -2.06. The number of ether oxygens (including phenoxy) is 1. The molecule has 0 bridgehead atoms. The summed E-state index contributed by atoms with van der Waals surface area (Å²) in [7, 11) is 2.43. The zero-order chi connectivity index (χ0) is 17.1. The number of sulfonamides is 1. The summed E-state index contributed by atoms with van der Waals surface area (Å²) in [5, 5.41) is 5.22. The molecule has 1 rings (SSSR count). The van der Waals surface area contributed by atoms with Crippen molar-refractivity contribution in [2.24, 2.45) is 5.10 Å². The highest BCUT2D eigenvalue weighted by Gasteiger charge is 2.24. The molecule has 0 saturated heterocycles. The highest BCUT2D eigenvalue weighted by atomic mass is 32.2. The molecule has 0 aliphatic carbocycles. The van der Waals surface area contributed by atoms with Crippen LogP contribution >= 0.6 is 0 Å². The second kappa shape index (κ2) is 6.80. The summed E-state index contributed by atoms with van der Waals surface area (Å²) in [6.45, 7) is 5.19. The summed E-state index contributed by atoms with van der Waals surface area (Å²) in [6.07, 6.45) is 1.67. The van der Waals surface area contributed by atoms with Gasteiger partial charge in [-0.15, -0.1) is 0 Å². The van der Waals surface area contributed by atoms with Crippen LogP contribution in [0.4, 0.5) is 5.69 Å². The van der Waals surface area contributed by atoms with E-state index in [1.807, 2.05) is 0 Å². The molecule has 0 atom stereocenters. The maximum absolute atomic E-state index is 12.5. The number of benzene rings is 1. The first-order valence-corrected chi connectivity index (χ1v) is 7.87. The Morgan fingerprint density at radius 2 is 1.95 bits per heavy atom. The molecular formula is C14H22N4O3S. The maximum atomic E-state index is 12.5. The van der Waals surface area contributed by atoms with Gasteiger partial charge in [-0.05, 0) is 18.6 Å². The monoisotopic (exact) mass is 326 g/mol. The Morgan fingerprint density at radius 1 is 1.36 bits per heavy atom. The molecule has 0 aliphatic heterocycles. The van der Waals surface area contributed by atoms with Gasteiger partial charge in [-0.3, -0.25) is 5.01 Å². The summed E-state index contributed by atoms with van der Waals surface area (Å²) >= 11 is 0. The Labute approximate surface area is 131 Å². The van der Waals surface area contributed by atoms with Crippen molar-refractivity contribution in [3.8, 4) is 5.75 Å². The second-order valence-corrected chi connectivity index (χ2v) is 7.03. The van der Waals surface area contributed by atoms with E-state index in [0.29, 0.717) is 22.6 Å². The fraction of sp³-hybridized carbons (Fsp3) is 0.357. The third kappa shape index (κ3) is 3.58. The van der Waals surface area contributed by atoms with Gasteiger partial charge in [0.15, 0.2) is 0 Å². The van der Waals surface area contributed by atoms with Crippen molar-refractivity contribution in [1.82, 2.24) is 9.31 Å². The van der Waals surface area contributed by atoms with Crippen molar-refractivity contribution in [3.05, 3.63) is 23.9 Å². The van der Waals surface area contributed by atoms with Gasteiger partial charge in [0.25, 0.3) is 0 Å². The smallest absolute Gasteiger partial charge is 0.243 e. The molecule has 0 radical (unpaired) electrons. The number of nitrogen functional groups attached to an aromatic ring is 1. The van der Waals surface area contributed by atoms with Gasteiger partial charge < -0.3 is 10.5 Å². The lowest BCUT2D eigenvalue weighted by molar-refractivity contribution is 0.415. The van der Waals surface area contributed by atoms with Crippen LogP contribution in [0.25, 0.3) is 5.57 Å². The number of anilines is 1. The second-order valence-electron chi connectivity index (χ2n) is 4.90. The lowest BCUT2D eigenvalue weighted by Gasteiger charge is -2.18. The van der Waals surface area contributed by atoms with E-state index in [1.165, 1.54) is 32.3 Å². The van der Waals surface area contributed by atoms with E-state index in [1.54, 1.807) is 26.2 Å². The highest BCUT2D eigenvalue weighted by Crippen LogP contribution is 2.33. The average Bonchev–Trinajstić information content (AvgIpc) is 2.46. The van der Waals surface area contributed by atoms with Crippen LogP contribution in [0.15, 0.2) is 28.3 Å². The zero-order valence-corrected chi connectivity index (χ0v) is 14.3. The number of hydrogen-bond donors (Lipinski definition) is 1. The maximum Gasteiger partial charge on any atom is 0.243 e. The standard InChI is InChI=1S/C14H22N4O3S/c1-10(9-18(5)16-2)11-7-12(15)13(21-6)8-14(11)22(19,20)17(3)4/h7-9H,2,15H2,1,3-6H3/b10-9+. The van der Waals surface area contributed by atoms with Gasteiger partial charge in [-0.25, -0.2) is 12.7 Å². The van der Waals surface area contributed by atoms with Crippen LogP contribution in [-0.2, 0) is 10.0 Å². The molecule has 7 nitrogen and oxygen atoms in total. The van der Waals surface area contributed by atoms with Gasteiger partial charge in [0.2, 0.25) is 10.0 Å². The van der Waals surface area contributed by atoms with Crippen LogP contribution in [0.1, 0.15) is 12.5 Å². The first kappa shape index (κ1) is 18.0. The van der Waals surface area contributed by atoms with Crippen molar-refractivity contribution in [2.45, 2.75) is 11.8 Å². The van der Waals surface area contributed by atoms with Gasteiger partial charge in [0.05, 0.1) is 17.7 Å². The molecule has 8 heteroatoms. The Kier molecular flexibility index (Phi) is 5.56. The number of nitrogens with two attached hydrogens (primary N) is 1. The molecule has 0 amide bonds. The van der Waals surface area contributed by atoms with Gasteiger partial charge in [0.1, 0.15) is 5.75 Å². The minimum Gasteiger partial charge on any atom is -0.495 e. The van der Waals surface area contributed by atoms with E-state index in [4.69, 9.17) is 10.5 Å². The van der Waals surface area contributed by atoms with E-state index in [-0.39, 0.29) is 4.90 Å². The van der Waals surface area contributed by atoms with Gasteiger partial charge in [-0.2, -0.15) is 5.10 Å². The van der Waals surface area contributed by atoms with Crippen LogP contribution in [0.2, 0.25) is 0 Å². The van der Waals surface area contributed by atoms with Crippen molar-refractivity contribution in [3.63, 3.8) is 0 Å². The topological polar surface area (TPSA) is 88.2 Å². The SMILES string of the molecule is C=NN(C)/C=C(\C)c1cc(N)c(OC)cc1S(=O)(=O)N(C)C. The van der Waals surface area contributed by atoms with E-state index >= 15 is 0 Å². The van der Waals surface area contributed by atoms with Crippen molar-refractivity contribution < 1.29 is 13.2 Å². The van der Waals surface area contributed by atoms with Crippen molar-refractivity contribution in [1.29, 1.82) is 0 Å². The molecule has 0 unspecified atom stereocenters. The highest BCUT2D eigenvalue weighted by molar-refractivity contribution is 7.89. The van der Waals surface area contributed by atoms with Crippen LogP contribution < -0.4 is 10.5 Å². The zero-order valence-electron chi connectivity index (χ0n) is 13.5. The molecule has 2 N–H and O–H groups in total. The summed E-state index contributed by atoms with van der Waals surface area (Å²) in [6, 6.07) is 3.01. The average molecular weight is 326 g/mol. The summed E-state index contributed by atoms with van der Waals surface area (Å²) in [5.41, 5.74) is 7.44. The molecule has 122 valence electrons. The largest absolute Gasteiger partial charge is 0.495 e. The molecule has 0 aliphatic rings. The molecular weight excluding hydrogens is 304 g/mol. The number of nitrogens with zero attached hydrogens (tertiary/aromatic N) is 3. The Bertz CT molecular complexity index is 696. The predicted molar refractivity (Wildman–Crippen MR) is 89.2 cm³/mol. The lowest BCUT2D eigenvalue weighted by Crippen LogP contribution is -2.23. The van der Waals surface area contributed by atoms with E-state index in [9.17, 15) is 8.42 Å². The summed E-state index contributed by atoms with van der Waals surface area (Å²) in [4.78, 5) is 0.120.